The molecule has 1 atom stereocenters. The maximum Gasteiger partial charge on any atom is 0.311 e. The molecule has 0 spiro atoms. The number of esters is 1. The zero-order chi connectivity index (χ0) is 17.9. The molecule has 0 radical (unpaired) electrons. The molecule has 2 rings (SSSR count). The van der Waals surface area contributed by atoms with Crippen LogP contribution in [-0.4, -0.2) is 51.1 Å². The summed E-state index contributed by atoms with van der Waals surface area (Å²) in [7, 11) is 5.37. The Kier molecular flexibility index (Phi) is 5.52. The van der Waals surface area contributed by atoms with E-state index < -0.39 is 5.41 Å². The lowest BCUT2D eigenvalue weighted by atomic mass is 9.74. The van der Waals surface area contributed by atoms with E-state index in [2.05, 4.69) is 0 Å². The summed E-state index contributed by atoms with van der Waals surface area (Å²) in [5.74, 6) is -0.0634. The van der Waals surface area contributed by atoms with Crippen molar-refractivity contribution in [1.29, 1.82) is 0 Å². The molecule has 1 aliphatic rings. The molecule has 1 saturated heterocycles. The lowest BCUT2D eigenvalue weighted by Crippen LogP contribution is -2.47. The monoisotopic (exact) mass is 332 g/mol. The molecule has 1 aromatic rings. The molecule has 0 bridgehead atoms. The van der Waals surface area contributed by atoms with Gasteiger partial charge in [-0.1, -0.05) is 0 Å². The van der Waals surface area contributed by atoms with Crippen molar-refractivity contribution in [3.8, 4) is 0 Å². The second-order valence-corrected chi connectivity index (χ2v) is 7.24. The number of methoxy groups -OCH3 is 1. The van der Waals surface area contributed by atoms with Crippen LogP contribution in [-0.2, 0) is 9.53 Å². The van der Waals surface area contributed by atoms with Crippen molar-refractivity contribution >= 4 is 17.6 Å². The summed E-state index contributed by atoms with van der Waals surface area (Å²) in [6.45, 7) is 5.14. The molecule has 0 aliphatic carbocycles. The van der Waals surface area contributed by atoms with Gasteiger partial charge >= 0.3 is 5.97 Å². The average molecular weight is 332 g/mol. The normalized spacial score (nSPS) is 18.2. The molecule has 0 N–H and O–H groups in total. The van der Waals surface area contributed by atoms with Crippen molar-refractivity contribution in [1.82, 2.24) is 4.90 Å². The van der Waals surface area contributed by atoms with E-state index in [1.807, 2.05) is 62.0 Å². The molecule has 1 aromatic carbocycles. The summed E-state index contributed by atoms with van der Waals surface area (Å²) < 4.78 is 4.94. The number of rotatable bonds is 4. The van der Waals surface area contributed by atoms with Crippen molar-refractivity contribution in [2.45, 2.75) is 26.7 Å². The van der Waals surface area contributed by atoms with Gasteiger partial charge in [0.25, 0.3) is 5.91 Å². The van der Waals surface area contributed by atoms with Crippen LogP contribution < -0.4 is 4.90 Å². The van der Waals surface area contributed by atoms with Gasteiger partial charge in [-0.2, -0.15) is 0 Å². The predicted octanol–water partition coefficient (Wildman–Crippen LogP) is 2.80. The number of piperidine rings is 1. The SMILES string of the molecule is COC(=O)C(C)(C)[C@@H]1CCCN(C(=O)c2ccc(N(C)C)cc2)C1. The molecule has 1 heterocycles. The first-order valence-corrected chi connectivity index (χ1v) is 8.42. The number of ether oxygens (including phenoxy) is 1. The zero-order valence-corrected chi connectivity index (χ0v) is 15.3. The van der Waals surface area contributed by atoms with E-state index in [4.69, 9.17) is 4.74 Å². The number of anilines is 1. The largest absolute Gasteiger partial charge is 0.469 e. The Bertz CT molecular complexity index is 593. The van der Waals surface area contributed by atoms with E-state index >= 15 is 0 Å². The fourth-order valence-corrected chi connectivity index (χ4v) is 3.27. The molecule has 0 unspecified atom stereocenters. The summed E-state index contributed by atoms with van der Waals surface area (Å²) in [5, 5.41) is 0. The highest BCUT2D eigenvalue weighted by Crippen LogP contribution is 2.35. The highest BCUT2D eigenvalue weighted by atomic mass is 16.5. The minimum atomic E-state index is -0.581. The van der Waals surface area contributed by atoms with Crippen LogP contribution in [0.2, 0.25) is 0 Å². The smallest absolute Gasteiger partial charge is 0.311 e. The molecule has 1 amide bonds. The van der Waals surface area contributed by atoms with Crippen LogP contribution in [0.25, 0.3) is 0 Å². The molecule has 0 aromatic heterocycles. The molecule has 5 heteroatoms. The first-order valence-electron chi connectivity index (χ1n) is 8.42. The van der Waals surface area contributed by atoms with Crippen LogP contribution in [0.4, 0.5) is 5.69 Å². The molecule has 132 valence electrons. The lowest BCUT2D eigenvalue weighted by molar-refractivity contribution is -0.155. The Morgan fingerprint density at radius 1 is 1.21 bits per heavy atom. The fourth-order valence-electron chi connectivity index (χ4n) is 3.27. The van der Waals surface area contributed by atoms with Crippen molar-refractivity contribution in [3.05, 3.63) is 29.8 Å². The first-order chi connectivity index (χ1) is 11.3. The van der Waals surface area contributed by atoms with Gasteiger partial charge in [-0.15, -0.1) is 0 Å². The van der Waals surface area contributed by atoms with E-state index in [0.29, 0.717) is 12.1 Å². The van der Waals surface area contributed by atoms with E-state index in [0.717, 1.165) is 25.1 Å². The number of benzene rings is 1. The minimum absolute atomic E-state index is 0.0330. The zero-order valence-electron chi connectivity index (χ0n) is 15.3. The molecular formula is C19H28N2O3. The van der Waals surface area contributed by atoms with Crippen molar-refractivity contribution in [2.75, 3.05) is 39.2 Å². The van der Waals surface area contributed by atoms with Gasteiger partial charge in [-0.05, 0) is 56.9 Å². The third-order valence-electron chi connectivity index (χ3n) is 5.07. The van der Waals surface area contributed by atoms with E-state index in [-0.39, 0.29) is 17.8 Å². The molecule has 5 nitrogen and oxygen atoms in total. The highest BCUT2D eigenvalue weighted by Gasteiger charge is 2.40. The predicted molar refractivity (Wildman–Crippen MR) is 95.2 cm³/mol. The van der Waals surface area contributed by atoms with Gasteiger partial charge in [-0.3, -0.25) is 9.59 Å². The first kappa shape index (κ1) is 18.3. The van der Waals surface area contributed by atoms with E-state index in [1.54, 1.807) is 0 Å². The summed E-state index contributed by atoms with van der Waals surface area (Å²) in [5.41, 5.74) is 1.18. The molecular weight excluding hydrogens is 304 g/mol. The number of hydrogen-bond acceptors (Lipinski definition) is 4. The van der Waals surface area contributed by atoms with Crippen molar-refractivity contribution in [2.24, 2.45) is 11.3 Å². The van der Waals surface area contributed by atoms with Gasteiger partial charge in [0.2, 0.25) is 0 Å². The van der Waals surface area contributed by atoms with Crippen LogP contribution >= 0.6 is 0 Å². The van der Waals surface area contributed by atoms with Gasteiger partial charge in [0, 0.05) is 38.4 Å². The van der Waals surface area contributed by atoms with Crippen molar-refractivity contribution in [3.63, 3.8) is 0 Å². The fraction of sp³-hybridized carbons (Fsp3) is 0.579. The standard InChI is InChI=1S/C19H28N2O3/c1-19(2,18(23)24-5)15-7-6-12-21(13-15)17(22)14-8-10-16(11-9-14)20(3)4/h8-11,15H,6-7,12-13H2,1-5H3/t15-/m1/s1. The van der Waals surface area contributed by atoms with Crippen LogP contribution in [0.1, 0.15) is 37.0 Å². The molecule has 1 aliphatic heterocycles. The van der Waals surface area contributed by atoms with Gasteiger partial charge < -0.3 is 14.5 Å². The quantitative estimate of drug-likeness (QED) is 0.796. The summed E-state index contributed by atoms with van der Waals surface area (Å²) in [4.78, 5) is 28.7. The topological polar surface area (TPSA) is 49.9 Å². The Balaban J connectivity index is 2.11. The lowest BCUT2D eigenvalue weighted by Gasteiger charge is -2.39. The Morgan fingerprint density at radius 2 is 1.83 bits per heavy atom. The van der Waals surface area contributed by atoms with Crippen LogP contribution in [0.3, 0.4) is 0 Å². The Labute approximate surface area is 144 Å². The second kappa shape index (κ2) is 7.24. The third-order valence-corrected chi connectivity index (χ3v) is 5.07. The minimum Gasteiger partial charge on any atom is -0.469 e. The molecule has 24 heavy (non-hydrogen) atoms. The van der Waals surface area contributed by atoms with Crippen molar-refractivity contribution < 1.29 is 14.3 Å². The maximum absolute atomic E-state index is 12.8. The molecule has 1 fully saturated rings. The number of nitrogens with zero attached hydrogens (tertiary/aromatic N) is 2. The number of likely N-dealkylation sites (tertiary alicyclic amines) is 1. The Morgan fingerprint density at radius 3 is 2.38 bits per heavy atom. The van der Waals surface area contributed by atoms with E-state index in [9.17, 15) is 9.59 Å². The summed E-state index contributed by atoms with van der Waals surface area (Å²) >= 11 is 0. The number of carbonyl (C=O) groups is 2. The summed E-state index contributed by atoms with van der Waals surface area (Å²) in [6.07, 6.45) is 1.85. The summed E-state index contributed by atoms with van der Waals surface area (Å²) in [6, 6.07) is 7.64. The van der Waals surface area contributed by atoms with Crippen LogP contribution in [0.15, 0.2) is 24.3 Å². The van der Waals surface area contributed by atoms with E-state index in [1.165, 1.54) is 7.11 Å². The highest BCUT2D eigenvalue weighted by molar-refractivity contribution is 5.94. The molecule has 0 saturated carbocycles. The Hall–Kier alpha value is -2.04. The van der Waals surface area contributed by atoms with Crippen LogP contribution in [0.5, 0.6) is 0 Å². The number of hydrogen-bond donors (Lipinski definition) is 0. The second-order valence-electron chi connectivity index (χ2n) is 7.24. The van der Waals surface area contributed by atoms with Gasteiger partial charge in [0.15, 0.2) is 0 Å². The maximum atomic E-state index is 12.8. The van der Waals surface area contributed by atoms with Gasteiger partial charge in [0.1, 0.15) is 0 Å². The van der Waals surface area contributed by atoms with Gasteiger partial charge in [-0.25, -0.2) is 0 Å². The van der Waals surface area contributed by atoms with Crippen LogP contribution in [0, 0.1) is 11.3 Å². The average Bonchev–Trinajstić information content (AvgIpc) is 2.60. The third kappa shape index (κ3) is 3.71. The van der Waals surface area contributed by atoms with Gasteiger partial charge in [0.05, 0.1) is 12.5 Å². The number of carbonyl (C=O) groups excluding carboxylic acids is 2. The number of amides is 1.